The molecule has 1 rings (SSSR count). The van der Waals surface area contributed by atoms with E-state index in [0.717, 1.165) is 12.1 Å². The molecule has 0 aliphatic carbocycles. The van der Waals surface area contributed by atoms with Gasteiger partial charge in [0.2, 0.25) is 11.9 Å². The van der Waals surface area contributed by atoms with Gasteiger partial charge < -0.3 is 4.74 Å². The Morgan fingerprint density at radius 3 is 2.60 bits per heavy atom. The van der Waals surface area contributed by atoms with Gasteiger partial charge in [-0.05, 0) is 6.92 Å². The lowest BCUT2D eigenvalue weighted by atomic mass is 10.3. The first-order valence-corrected chi connectivity index (χ1v) is 4.13. The molecule has 15 heavy (non-hydrogen) atoms. The first-order valence-electron chi connectivity index (χ1n) is 4.13. The van der Waals surface area contributed by atoms with Crippen molar-refractivity contribution in [2.45, 2.75) is 6.92 Å². The van der Waals surface area contributed by atoms with E-state index in [-0.39, 0.29) is 12.2 Å². The summed E-state index contributed by atoms with van der Waals surface area (Å²) in [5, 5.41) is 0. The van der Waals surface area contributed by atoms with Crippen LogP contribution in [0.25, 0.3) is 0 Å². The molecule has 1 aromatic heterocycles. The van der Waals surface area contributed by atoms with Gasteiger partial charge in [-0.2, -0.15) is 13.8 Å². The monoisotopic (exact) mass is 211 g/mol. The minimum atomic E-state index is -0.983. The highest BCUT2D eigenvalue weighted by Crippen LogP contribution is 2.02. The van der Waals surface area contributed by atoms with E-state index in [9.17, 15) is 13.6 Å². The van der Waals surface area contributed by atoms with Crippen molar-refractivity contribution in [2.24, 2.45) is 0 Å². The molecule has 3 nitrogen and oxygen atoms in total. The molecule has 0 N–H and O–H groups in total. The van der Waals surface area contributed by atoms with Crippen LogP contribution in [-0.4, -0.2) is 17.6 Å². The quantitative estimate of drug-likeness (QED) is 0.399. The van der Waals surface area contributed by atoms with E-state index in [1.807, 2.05) is 0 Å². The van der Waals surface area contributed by atoms with Crippen LogP contribution >= 0.6 is 0 Å². The highest BCUT2D eigenvalue weighted by Gasteiger charge is 1.99. The Bertz CT molecular complexity index is 415. The summed E-state index contributed by atoms with van der Waals surface area (Å²) in [5.41, 5.74) is 0.0352. The summed E-state index contributed by atoms with van der Waals surface area (Å²) in [7, 11) is 0. The highest BCUT2D eigenvalue weighted by molar-refractivity contribution is 5.89. The van der Waals surface area contributed by atoms with Crippen molar-refractivity contribution < 1.29 is 18.3 Å². The molecule has 0 fully saturated rings. The van der Waals surface area contributed by atoms with Crippen LogP contribution in [-0.2, 0) is 9.53 Å². The number of hydrogen-bond acceptors (Lipinski definition) is 3. The van der Waals surface area contributed by atoms with Crippen molar-refractivity contribution in [3.63, 3.8) is 0 Å². The number of halogens is 2. The lowest BCUT2D eigenvalue weighted by Crippen LogP contribution is -1.99. The first kappa shape index (κ1) is 11.1. The molecule has 1 aromatic rings. The number of ether oxygens (including phenoxy) is 1. The lowest BCUT2D eigenvalue weighted by Gasteiger charge is -1.92. The fourth-order valence-corrected chi connectivity index (χ4v) is 0.827. The average molecular weight is 211 g/mol. The van der Waals surface area contributed by atoms with Gasteiger partial charge in [-0.3, -0.25) is 0 Å². The molecule has 0 aliphatic rings. The summed E-state index contributed by atoms with van der Waals surface area (Å²) in [6.45, 7) is 1.83. The second-order valence-corrected chi connectivity index (χ2v) is 2.47. The fraction of sp³-hybridized carbons (Fsp3) is 0.200. The van der Waals surface area contributed by atoms with Crippen LogP contribution in [0.2, 0.25) is 0 Å². The topological polar surface area (TPSA) is 39.2 Å². The van der Waals surface area contributed by atoms with Crippen molar-refractivity contribution in [1.82, 2.24) is 4.98 Å². The van der Waals surface area contributed by atoms with Crippen LogP contribution in [0.5, 0.6) is 0 Å². The van der Waals surface area contributed by atoms with Gasteiger partial charge in [-0.25, -0.2) is 4.79 Å². The van der Waals surface area contributed by atoms with Gasteiger partial charge in [-0.1, -0.05) is 5.92 Å². The second-order valence-electron chi connectivity index (χ2n) is 2.47. The minimum Gasteiger partial charge on any atom is -0.456 e. The number of nitrogens with zero attached hydrogens (tertiary/aromatic N) is 1. The molecule has 0 aromatic carbocycles. The lowest BCUT2D eigenvalue weighted by molar-refractivity contribution is -0.136. The zero-order valence-electron chi connectivity index (χ0n) is 7.88. The van der Waals surface area contributed by atoms with Gasteiger partial charge in [0.1, 0.15) is 0 Å². The Kier molecular flexibility index (Phi) is 3.75. The predicted molar refractivity (Wildman–Crippen MR) is 47.7 cm³/mol. The number of aromatic nitrogens is 1. The van der Waals surface area contributed by atoms with Crippen LogP contribution in [0.4, 0.5) is 8.78 Å². The molecule has 0 aliphatic heterocycles. The maximum atomic E-state index is 12.6. The summed E-state index contributed by atoms with van der Waals surface area (Å²) in [6, 6.07) is 1.85. The zero-order chi connectivity index (χ0) is 11.3. The van der Waals surface area contributed by atoms with E-state index in [1.165, 1.54) is 0 Å². The van der Waals surface area contributed by atoms with E-state index in [2.05, 4.69) is 21.6 Å². The van der Waals surface area contributed by atoms with E-state index < -0.39 is 17.9 Å². The van der Waals surface area contributed by atoms with Crippen molar-refractivity contribution >= 4 is 5.97 Å². The Balaban J connectivity index is 2.84. The van der Waals surface area contributed by atoms with Gasteiger partial charge in [0.25, 0.3) is 0 Å². The third kappa shape index (κ3) is 3.73. The number of pyridine rings is 1. The third-order valence-electron chi connectivity index (χ3n) is 1.35. The van der Waals surface area contributed by atoms with E-state index in [4.69, 9.17) is 0 Å². The van der Waals surface area contributed by atoms with Gasteiger partial charge in [0.05, 0.1) is 6.61 Å². The summed E-state index contributed by atoms with van der Waals surface area (Å²) < 4.78 is 29.6. The van der Waals surface area contributed by atoms with Crippen molar-refractivity contribution in [2.75, 3.05) is 6.61 Å². The van der Waals surface area contributed by atoms with Crippen molar-refractivity contribution in [3.05, 3.63) is 29.6 Å². The standard InChI is InChI=1S/C10H7F2NO2/c1-2-15-10(14)4-3-7-5-8(11)13-9(12)6-7/h5-6H,2H2,1H3. The van der Waals surface area contributed by atoms with E-state index in [1.54, 1.807) is 6.92 Å². The van der Waals surface area contributed by atoms with E-state index in [0.29, 0.717) is 0 Å². The molecule has 78 valence electrons. The van der Waals surface area contributed by atoms with Gasteiger partial charge >= 0.3 is 5.97 Å². The molecule has 5 heteroatoms. The van der Waals surface area contributed by atoms with Crippen LogP contribution in [0.1, 0.15) is 12.5 Å². The highest BCUT2D eigenvalue weighted by atomic mass is 19.1. The number of hydrogen-bond donors (Lipinski definition) is 0. The van der Waals surface area contributed by atoms with Crippen LogP contribution in [0.3, 0.4) is 0 Å². The summed E-state index contributed by atoms with van der Waals surface area (Å²) in [6.07, 6.45) is 0. The summed E-state index contributed by atoms with van der Waals surface area (Å²) in [4.78, 5) is 13.7. The molecule has 0 saturated carbocycles. The largest absolute Gasteiger partial charge is 0.456 e. The molecule has 0 unspecified atom stereocenters. The maximum Gasteiger partial charge on any atom is 0.384 e. The molecule has 0 saturated heterocycles. The normalized spacial score (nSPS) is 9.00. The van der Waals surface area contributed by atoms with Crippen LogP contribution in [0.15, 0.2) is 12.1 Å². The molecule has 0 atom stereocenters. The molecule has 0 spiro atoms. The molecule has 0 bridgehead atoms. The summed E-state index contributed by atoms with van der Waals surface area (Å²) >= 11 is 0. The average Bonchev–Trinajstić information content (AvgIpc) is 2.14. The smallest absolute Gasteiger partial charge is 0.384 e. The molecule has 1 heterocycles. The molecular formula is C10H7F2NO2. The van der Waals surface area contributed by atoms with Gasteiger partial charge in [-0.15, -0.1) is 0 Å². The minimum absolute atomic E-state index is 0.0352. The molecule has 0 radical (unpaired) electrons. The van der Waals surface area contributed by atoms with Gasteiger partial charge in [0.15, 0.2) is 0 Å². The van der Waals surface area contributed by atoms with Crippen molar-refractivity contribution in [3.8, 4) is 11.8 Å². The number of carbonyl (C=O) groups is 1. The van der Waals surface area contributed by atoms with Crippen LogP contribution < -0.4 is 0 Å². The third-order valence-corrected chi connectivity index (χ3v) is 1.35. The Hall–Kier alpha value is -1.96. The summed E-state index contributed by atoms with van der Waals surface area (Å²) in [5.74, 6) is 1.64. The SMILES string of the molecule is CCOC(=O)C#Cc1cc(F)nc(F)c1. The second kappa shape index (κ2) is 5.05. The molecular weight excluding hydrogens is 204 g/mol. The Labute approximate surface area is 85.1 Å². The first-order chi connectivity index (χ1) is 7.11. The predicted octanol–water partition coefficient (Wildman–Crippen LogP) is 1.27. The fourth-order valence-electron chi connectivity index (χ4n) is 0.827. The number of carbonyl (C=O) groups excluding carboxylic acids is 1. The number of rotatable bonds is 1. The van der Waals surface area contributed by atoms with Crippen molar-refractivity contribution in [1.29, 1.82) is 0 Å². The van der Waals surface area contributed by atoms with Crippen LogP contribution in [0, 0.1) is 23.7 Å². The Morgan fingerprint density at radius 2 is 2.07 bits per heavy atom. The van der Waals surface area contributed by atoms with E-state index >= 15 is 0 Å². The Morgan fingerprint density at radius 1 is 1.47 bits per heavy atom. The number of esters is 1. The zero-order valence-corrected chi connectivity index (χ0v) is 7.88. The van der Waals surface area contributed by atoms with Gasteiger partial charge in [0, 0.05) is 23.6 Å². The molecule has 0 amide bonds. The maximum absolute atomic E-state index is 12.6.